The van der Waals surface area contributed by atoms with E-state index in [0.29, 0.717) is 35.7 Å². The van der Waals surface area contributed by atoms with Crippen LogP contribution in [0.1, 0.15) is 25.0 Å². The van der Waals surface area contributed by atoms with E-state index in [1.165, 1.54) is 25.4 Å². The zero-order valence-electron chi connectivity index (χ0n) is 21.4. The molecule has 0 atom stereocenters. The summed E-state index contributed by atoms with van der Waals surface area (Å²) in [6.45, 7) is 5.82. The van der Waals surface area contributed by atoms with Gasteiger partial charge in [-0.2, -0.15) is 18.2 Å². The number of anilines is 3. The molecule has 13 heteroatoms. The largest absolute Gasteiger partial charge is 0.419 e. The van der Waals surface area contributed by atoms with Crippen molar-refractivity contribution in [3.05, 3.63) is 59.5 Å². The van der Waals surface area contributed by atoms with E-state index < -0.39 is 27.0 Å². The van der Waals surface area contributed by atoms with E-state index >= 15 is 0 Å². The first-order valence-electron chi connectivity index (χ1n) is 11.9. The minimum Gasteiger partial charge on any atom is -0.353 e. The molecular formula is C25H28F4N6O2S. The number of halogens is 4. The quantitative estimate of drug-likeness (QED) is 0.417. The molecule has 0 spiro atoms. The summed E-state index contributed by atoms with van der Waals surface area (Å²) in [7, 11) is -2.38. The Labute approximate surface area is 219 Å². The van der Waals surface area contributed by atoms with Crippen molar-refractivity contribution in [2.75, 3.05) is 47.3 Å². The molecule has 0 bridgehead atoms. The second-order valence-corrected chi connectivity index (χ2v) is 11.8. The van der Waals surface area contributed by atoms with Gasteiger partial charge in [0.1, 0.15) is 17.5 Å². The summed E-state index contributed by atoms with van der Waals surface area (Å²) in [5.41, 5.74) is 0.570. The van der Waals surface area contributed by atoms with Gasteiger partial charge in [0.15, 0.2) is 0 Å². The number of hydrogen-bond donors (Lipinski definition) is 0. The molecule has 3 heterocycles. The first-order chi connectivity index (χ1) is 17.8. The third-order valence-electron chi connectivity index (χ3n) is 6.41. The number of nitrogens with zero attached hydrogens (tertiary/aromatic N) is 6. The van der Waals surface area contributed by atoms with Crippen molar-refractivity contribution in [3.8, 4) is 11.3 Å². The Hall–Kier alpha value is -3.48. The van der Waals surface area contributed by atoms with E-state index in [-0.39, 0.29) is 30.7 Å². The van der Waals surface area contributed by atoms with Gasteiger partial charge < -0.3 is 9.80 Å². The molecule has 1 saturated heterocycles. The zero-order valence-corrected chi connectivity index (χ0v) is 22.2. The highest BCUT2D eigenvalue weighted by Crippen LogP contribution is 2.36. The number of rotatable bonds is 6. The van der Waals surface area contributed by atoms with E-state index in [1.807, 2.05) is 4.90 Å². The monoisotopic (exact) mass is 552 g/mol. The first-order valence-corrected chi connectivity index (χ1v) is 13.4. The summed E-state index contributed by atoms with van der Waals surface area (Å²) >= 11 is 0. The lowest BCUT2D eigenvalue weighted by Gasteiger charge is -2.37. The molecule has 1 aliphatic heterocycles. The van der Waals surface area contributed by atoms with Gasteiger partial charge in [-0.25, -0.2) is 27.1 Å². The predicted octanol–water partition coefficient (Wildman–Crippen LogP) is 4.51. The zero-order chi connectivity index (χ0) is 27.8. The molecule has 0 unspecified atom stereocenters. The summed E-state index contributed by atoms with van der Waals surface area (Å²) < 4.78 is 81.1. The highest BCUT2D eigenvalue weighted by Gasteiger charge is 2.36. The average Bonchev–Trinajstić information content (AvgIpc) is 2.89. The van der Waals surface area contributed by atoms with Gasteiger partial charge >= 0.3 is 6.18 Å². The Morgan fingerprint density at radius 2 is 1.66 bits per heavy atom. The minimum absolute atomic E-state index is 0.0558. The molecule has 0 N–H and O–H groups in total. The maximum absolute atomic E-state index is 13.9. The Morgan fingerprint density at radius 1 is 1.00 bits per heavy atom. The number of benzene rings is 1. The number of hydrogen-bond acceptors (Lipinski definition) is 7. The molecule has 4 rings (SSSR count). The van der Waals surface area contributed by atoms with Crippen molar-refractivity contribution in [3.63, 3.8) is 0 Å². The standard InChI is InChI=1S/C25H28F4N6O2S/c1-16(2)38(36,37)33(4)24-31-21(18-7-8-20(26)17(3)14-18)15-22(32-24)34-10-12-35(13-11-34)23-19(25(27,28)29)6-5-9-30-23/h5-9,14-16H,10-13H2,1-4H3. The molecule has 0 radical (unpaired) electrons. The van der Waals surface area contributed by atoms with Gasteiger partial charge in [-0.1, -0.05) is 0 Å². The fourth-order valence-electron chi connectivity index (χ4n) is 4.12. The third-order valence-corrected chi connectivity index (χ3v) is 8.53. The van der Waals surface area contributed by atoms with Gasteiger partial charge in [0.2, 0.25) is 16.0 Å². The average molecular weight is 553 g/mol. The number of piperazine rings is 1. The van der Waals surface area contributed by atoms with Crippen molar-refractivity contribution in [2.45, 2.75) is 32.2 Å². The van der Waals surface area contributed by atoms with Crippen LogP contribution in [0.4, 0.5) is 35.1 Å². The molecule has 8 nitrogen and oxygen atoms in total. The lowest BCUT2D eigenvalue weighted by atomic mass is 10.1. The smallest absolute Gasteiger partial charge is 0.353 e. The van der Waals surface area contributed by atoms with Crippen LogP contribution in [-0.2, 0) is 16.2 Å². The Balaban J connectivity index is 1.69. The first kappa shape index (κ1) is 27.6. The summed E-state index contributed by atoms with van der Waals surface area (Å²) in [5.74, 6) is -0.158. The van der Waals surface area contributed by atoms with Gasteiger partial charge in [0, 0.05) is 51.1 Å². The van der Waals surface area contributed by atoms with E-state index in [1.54, 1.807) is 43.9 Å². The minimum atomic E-state index is -4.53. The molecule has 3 aromatic rings. The van der Waals surface area contributed by atoms with E-state index in [2.05, 4.69) is 15.0 Å². The van der Waals surface area contributed by atoms with Crippen LogP contribution in [0.2, 0.25) is 0 Å². The molecule has 1 fully saturated rings. The second-order valence-electron chi connectivity index (χ2n) is 9.28. The van der Waals surface area contributed by atoms with Crippen LogP contribution >= 0.6 is 0 Å². The summed E-state index contributed by atoms with van der Waals surface area (Å²) in [4.78, 5) is 16.4. The van der Waals surface area contributed by atoms with Crippen molar-refractivity contribution >= 4 is 27.6 Å². The topological polar surface area (TPSA) is 82.5 Å². The molecule has 0 saturated carbocycles. The van der Waals surface area contributed by atoms with Crippen molar-refractivity contribution in [1.29, 1.82) is 0 Å². The van der Waals surface area contributed by atoms with Crippen molar-refractivity contribution in [2.24, 2.45) is 0 Å². The third kappa shape index (κ3) is 5.52. The van der Waals surface area contributed by atoms with Gasteiger partial charge in [0.05, 0.1) is 16.5 Å². The van der Waals surface area contributed by atoms with Gasteiger partial charge in [-0.05, 0) is 56.7 Å². The maximum atomic E-state index is 13.9. The van der Waals surface area contributed by atoms with Crippen molar-refractivity contribution in [1.82, 2.24) is 15.0 Å². The van der Waals surface area contributed by atoms with E-state index in [9.17, 15) is 26.0 Å². The molecule has 1 aromatic carbocycles. The highest BCUT2D eigenvalue weighted by atomic mass is 32.2. The fraction of sp³-hybridized carbons (Fsp3) is 0.400. The van der Waals surface area contributed by atoms with Crippen LogP contribution in [0, 0.1) is 12.7 Å². The van der Waals surface area contributed by atoms with E-state index in [0.717, 1.165) is 10.4 Å². The van der Waals surface area contributed by atoms with Gasteiger partial charge in [-0.3, -0.25) is 0 Å². The second kappa shape index (κ2) is 10.4. The molecule has 0 aliphatic carbocycles. The van der Waals surface area contributed by atoms with Gasteiger partial charge in [0.25, 0.3) is 0 Å². The van der Waals surface area contributed by atoms with Gasteiger partial charge in [-0.15, -0.1) is 0 Å². The Bertz CT molecular complexity index is 1420. The SMILES string of the molecule is Cc1cc(-c2cc(N3CCN(c4ncccc4C(F)(F)F)CC3)nc(N(C)S(=O)(=O)C(C)C)n2)ccc1F. The number of sulfonamides is 1. The molecule has 1 aliphatic rings. The number of pyridine rings is 1. The molecule has 0 amide bonds. The Kier molecular flexibility index (Phi) is 7.51. The number of aryl methyl sites for hydroxylation is 1. The summed E-state index contributed by atoms with van der Waals surface area (Å²) in [6.07, 6.45) is -3.20. The number of alkyl halides is 3. The highest BCUT2D eigenvalue weighted by molar-refractivity contribution is 7.93. The van der Waals surface area contributed by atoms with Crippen LogP contribution in [0.3, 0.4) is 0 Å². The van der Waals surface area contributed by atoms with Crippen LogP contribution in [0.25, 0.3) is 11.3 Å². The van der Waals surface area contributed by atoms with Crippen LogP contribution in [-0.4, -0.2) is 61.8 Å². The van der Waals surface area contributed by atoms with Crippen molar-refractivity contribution < 1.29 is 26.0 Å². The predicted molar refractivity (Wildman–Crippen MR) is 138 cm³/mol. The normalized spacial score (nSPS) is 14.8. The van der Waals surface area contributed by atoms with Crippen LogP contribution < -0.4 is 14.1 Å². The fourth-order valence-corrected chi connectivity index (χ4v) is 5.07. The summed E-state index contributed by atoms with van der Waals surface area (Å²) in [6, 6.07) is 8.40. The molecule has 38 heavy (non-hydrogen) atoms. The lowest BCUT2D eigenvalue weighted by Crippen LogP contribution is -2.47. The van der Waals surface area contributed by atoms with E-state index in [4.69, 9.17) is 0 Å². The van der Waals surface area contributed by atoms with Crippen LogP contribution in [0.5, 0.6) is 0 Å². The summed E-state index contributed by atoms with van der Waals surface area (Å²) in [5, 5.41) is -0.721. The lowest BCUT2D eigenvalue weighted by molar-refractivity contribution is -0.137. The maximum Gasteiger partial charge on any atom is 0.419 e. The van der Waals surface area contributed by atoms with Crippen LogP contribution in [0.15, 0.2) is 42.6 Å². The Morgan fingerprint density at radius 3 is 2.26 bits per heavy atom. The number of aromatic nitrogens is 3. The molecule has 204 valence electrons. The molecule has 2 aromatic heterocycles. The molecular weight excluding hydrogens is 524 g/mol.